The fraction of sp³-hybridized carbons (Fsp3) is 0. The van der Waals surface area contributed by atoms with Gasteiger partial charge in [0.05, 0.1) is 18.0 Å². The fourth-order valence-electron chi connectivity index (χ4n) is 1.22. The van der Waals surface area contributed by atoms with Crippen LogP contribution in [-0.4, -0.2) is 12.1 Å². The molecule has 5 heteroatoms. The van der Waals surface area contributed by atoms with Crippen molar-refractivity contribution in [2.75, 3.05) is 0 Å². The molecule has 0 saturated heterocycles. The van der Waals surface area contributed by atoms with Crippen LogP contribution in [0.15, 0.2) is 52.2 Å². The molecule has 2 rings (SSSR count). The fourth-order valence-corrected chi connectivity index (χ4v) is 1.86. The van der Waals surface area contributed by atoms with Crippen LogP contribution in [-0.2, 0) is 0 Å². The molecule has 1 amide bonds. The molecule has 1 aromatic heterocycles. The smallest absolute Gasteiger partial charge is 0.272 e. The molecule has 0 spiro atoms. The van der Waals surface area contributed by atoms with Gasteiger partial charge in [-0.25, -0.2) is 5.43 Å². The molecule has 0 bridgehead atoms. The Morgan fingerprint density at radius 1 is 1.29 bits per heavy atom. The first-order chi connectivity index (χ1) is 8.27. The van der Waals surface area contributed by atoms with Crippen LogP contribution >= 0.6 is 22.6 Å². The monoisotopic (exact) mass is 340 g/mol. The number of nitrogens with one attached hydrogen (secondary N) is 1. The van der Waals surface area contributed by atoms with E-state index in [1.807, 2.05) is 18.2 Å². The van der Waals surface area contributed by atoms with Gasteiger partial charge in [-0.05, 0) is 46.9 Å². The van der Waals surface area contributed by atoms with Crippen molar-refractivity contribution in [2.24, 2.45) is 5.10 Å². The third-order valence-corrected chi connectivity index (χ3v) is 2.96. The number of nitrogens with zero attached hydrogens (tertiary/aromatic N) is 1. The molecular weight excluding hydrogens is 331 g/mol. The minimum absolute atomic E-state index is 0.238. The maximum Gasteiger partial charge on any atom is 0.272 e. The Kier molecular flexibility index (Phi) is 3.92. The van der Waals surface area contributed by atoms with Crippen molar-refractivity contribution >= 4 is 34.7 Å². The number of halogens is 1. The summed E-state index contributed by atoms with van der Waals surface area (Å²) in [4.78, 5) is 11.7. The second kappa shape index (κ2) is 5.62. The number of hydrogen-bond donors (Lipinski definition) is 1. The predicted octanol–water partition coefficient (Wildman–Crippen LogP) is 2.65. The predicted molar refractivity (Wildman–Crippen MR) is 72.9 cm³/mol. The lowest BCUT2D eigenvalue weighted by Crippen LogP contribution is -2.18. The molecular formula is C12H9IN2O2. The summed E-state index contributed by atoms with van der Waals surface area (Å²) in [5, 5.41) is 3.81. The van der Waals surface area contributed by atoms with E-state index >= 15 is 0 Å². The third-order valence-electron chi connectivity index (χ3n) is 2.02. The molecule has 0 saturated carbocycles. The maximum absolute atomic E-state index is 11.7. The zero-order valence-electron chi connectivity index (χ0n) is 8.76. The molecule has 86 valence electrons. The van der Waals surface area contributed by atoms with Gasteiger partial charge < -0.3 is 4.42 Å². The summed E-state index contributed by atoms with van der Waals surface area (Å²) in [5.74, 6) is 0.353. The molecule has 0 unspecified atom stereocenters. The Hall–Kier alpha value is -1.63. The van der Waals surface area contributed by atoms with Crippen molar-refractivity contribution in [1.29, 1.82) is 0 Å². The quantitative estimate of drug-likeness (QED) is 0.531. The van der Waals surface area contributed by atoms with Crippen LogP contribution in [0.25, 0.3) is 0 Å². The van der Waals surface area contributed by atoms with E-state index in [-0.39, 0.29) is 5.91 Å². The van der Waals surface area contributed by atoms with Crippen LogP contribution in [0.5, 0.6) is 0 Å². The maximum atomic E-state index is 11.7. The van der Waals surface area contributed by atoms with E-state index < -0.39 is 0 Å². The largest absolute Gasteiger partial charge is 0.463 e. The molecule has 2 aromatic rings. The Morgan fingerprint density at radius 3 is 2.82 bits per heavy atom. The van der Waals surface area contributed by atoms with Gasteiger partial charge in [0, 0.05) is 3.57 Å². The molecule has 4 nitrogen and oxygen atoms in total. The van der Waals surface area contributed by atoms with Crippen LogP contribution in [0.1, 0.15) is 16.1 Å². The molecule has 0 aliphatic carbocycles. The van der Waals surface area contributed by atoms with Crippen LogP contribution in [0.2, 0.25) is 0 Å². The van der Waals surface area contributed by atoms with E-state index in [1.165, 1.54) is 6.21 Å². The summed E-state index contributed by atoms with van der Waals surface area (Å²) in [6, 6.07) is 10.8. The summed E-state index contributed by atoms with van der Waals surface area (Å²) in [5.41, 5.74) is 3.05. The van der Waals surface area contributed by atoms with Crippen molar-refractivity contribution in [2.45, 2.75) is 0 Å². The first kappa shape index (κ1) is 11.8. The molecule has 0 atom stereocenters. The zero-order chi connectivity index (χ0) is 12.1. The number of amides is 1. The first-order valence-corrected chi connectivity index (χ1v) is 5.96. The second-order valence-electron chi connectivity index (χ2n) is 3.19. The number of hydrogen-bond acceptors (Lipinski definition) is 3. The van der Waals surface area contributed by atoms with Crippen LogP contribution in [0, 0.1) is 3.57 Å². The number of carbonyl (C=O) groups excluding carboxylic acids is 1. The topological polar surface area (TPSA) is 54.6 Å². The standard InChI is InChI=1S/C12H9IN2O2/c13-11-6-2-1-5-10(11)12(16)15-14-8-9-4-3-7-17-9/h1-8H,(H,15,16)/b14-8+. The van der Waals surface area contributed by atoms with E-state index in [0.717, 1.165) is 3.57 Å². The lowest BCUT2D eigenvalue weighted by Gasteiger charge is -2.01. The van der Waals surface area contributed by atoms with Crippen LogP contribution in [0.3, 0.4) is 0 Å². The van der Waals surface area contributed by atoms with Gasteiger partial charge in [-0.2, -0.15) is 5.10 Å². The van der Waals surface area contributed by atoms with Crippen molar-refractivity contribution in [3.63, 3.8) is 0 Å². The van der Waals surface area contributed by atoms with E-state index in [4.69, 9.17) is 4.42 Å². The minimum atomic E-state index is -0.238. The average Bonchev–Trinajstić information content (AvgIpc) is 2.82. The van der Waals surface area contributed by atoms with Gasteiger partial charge in [0.1, 0.15) is 5.76 Å². The van der Waals surface area contributed by atoms with E-state index in [9.17, 15) is 4.79 Å². The highest BCUT2D eigenvalue weighted by molar-refractivity contribution is 14.1. The number of carbonyl (C=O) groups is 1. The Balaban J connectivity index is 2.01. The van der Waals surface area contributed by atoms with Gasteiger partial charge >= 0.3 is 0 Å². The lowest BCUT2D eigenvalue weighted by atomic mass is 10.2. The molecule has 0 radical (unpaired) electrons. The van der Waals surface area contributed by atoms with Gasteiger partial charge in [0.25, 0.3) is 5.91 Å². The third kappa shape index (κ3) is 3.16. The van der Waals surface area contributed by atoms with Gasteiger partial charge in [-0.1, -0.05) is 12.1 Å². The van der Waals surface area contributed by atoms with Crippen LogP contribution in [0.4, 0.5) is 0 Å². The molecule has 17 heavy (non-hydrogen) atoms. The number of hydrazone groups is 1. The molecule has 0 fully saturated rings. The summed E-state index contributed by atoms with van der Waals surface area (Å²) in [7, 11) is 0. The normalized spacial score (nSPS) is 10.6. The van der Waals surface area contributed by atoms with Crippen molar-refractivity contribution < 1.29 is 9.21 Å². The Morgan fingerprint density at radius 2 is 2.12 bits per heavy atom. The molecule has 1 N–H and O–H groups in total. The van der Waals surface area contributed by atoms with Gasteiger partial charge in [0.2, 0.25) is 0 Å². The van der Waals surface area contributed by atoms with Crippen molar-refractivity contribution in [1.82, 2.24) is 5.43 Å². The zero-order valence-corrected chi connectivity index (χ0v) is 10.9. The summed E-state index contributed by atoms with van der Waals surface area (Å²) < 4.78 is 5.93. The highest BCUT2D eigenvalue weighted by Crippen LogP contribution is 2.10. The summed E-state index contributed by atoms with van der Waals surface area (Å²) >= 11 is 2.11. The second-order valence-corrected chi connectivity index (χ2v) is 4.36. The van der Waals surface area contributed by atoms with Gasteiger partial charge in [-0.15, -0.1) is 0 Å². The number of furan rings is 1. The minimum Gasteiger partial charge on any atom is -0.463 e. The molecule has 1 heterocycles. The highest BCUT2D eigenvalue weighted by atomic mass is 127. The molecule has 1 aromatic carbocycles. The lowest BCUT2D eigenvalue weighted by molar-refractivity contribution is 0.0954. The SMILES string of the molecule is O=C(N/N=C/c1ccco1)c1ccccc1I. The van der Waals surface area contributed by atoms with E-state index in [1.54, 1.807) is 24.5 Å². The average molecular weight is 340 g/mol. The van der Waals surface area contributed by atoms with Crippen molar-refractivity contribution in [3.8, 4) is 0 Å². The Bertz CT molecular complexity index is 535. The Labute approximate surface area is 112 Å². The first-order valence-electron chi connectivity index (χ1n) is 4.89. The number of benzene rings is 1. The van der Waals surface area contributed by atoms with E-state index in [2.05, 4.69) is 33.1 Å². The van der Waals surface area contributed by atoms with Gasteiger partial charge in [0.15, 0.2) is 0 Å². The van der Waals surface area contributed by atoms with E-state index in [0.29, 0.717) is 11.3 Å². The van der Waals surface area contributed by atoms with Crippen LogP contribution < -0.4 is 5.43 Å². The van der Waals surface area contributed by atoms with Crippen molar-refractivity contribution in [3.05, 3.63) is 57.6 Å². The van der Waals surface area contributed by atoms with Gasteiger partial charge in [-0.3, -0.25) is 4.79 Å². The summed E-state index contributed by atoms with van der Waals surface area (Å²) in [6.45, 7) is 0. The molecule has 0 aliphatic heterocycles. The molecule has 0 aliphatic rings. The highest BCUT2D eigenvalue weighted by Gasteiger charge is 2.07. The number of rotatable bonds is 3. The summed E-state index contributed by atoms with van der Waals surface area (Å²) in [6.07, 6.45) is 3.00.